The molecule has 7 rings (SSSR count). The first-order chi connectivity index (χ1) is 33.5. The van der Waals surface area contributed by atoms with Gasteiger partial charge in [0.25, 0.3) is 23.6 Å². The van der Waals surface area contributed by atoms with Crippen molar-refractivity contribution in [1.29, 1.82) is 0 Å². The molecule has 1 aromatic carbocycles. The van der Waals surface area contributed by atoms with E-state index < -0.39 is 0 Å². The van der Waals surface area contributed by atoms with Crippen molar-refractivity contribution in [2.75, 3.05) is 0 Å². The third kappa shape index (κ3) is 11.7. The number of carbonyl (C=O) groups is 4. The van der Waals surface area contributed by atoms with Crippen LogP contribution in [0.2, 0.25) is 0 Å². The standard InChI is InChI=1S/C59H82N2O4S4/c1-9-13-17-21-25-29-33-42(32-28-24-20-16-12-4)60-56(62)47-41(8)67-54(48(47)57(60)63)55-50-49(53(69-55)46-37-45-40(7)51-44(36-38(5)66-51)39(6)52(45)68-46)58(64)61(59(50)65)43(34-30-26-22-18-14-10-2)35-31-27-23-19-15-11-3/h36-37,42-43H,9-35H2,1-8H3. The Morgan fingerprint density at radius 1 is 0.391 bits per heavy atom. The van der Waals surface area contributed by atoms with Crippen LogP contribution in [0.1, 0.15) is 263 Å². The third-order valence-corrected chi connectivity index (χ3v) is 20.3. The molecular formula is C59H82N2O4S4. The van der Waals surface area contributed by atoms with Gasteiger partial charge in [-0.2, -0.15) is 0 Å². The van der Waals surface area contributed by atoms with Crippen LogP contribution in [0.3, 0.4) is 0 Å². The van der Waals surface area contributed by atoms with Crippen molar-refractivity contribution in [3.8, 4) is 19.5 Å². The molecule has 4 amide bonds. The summed E-state index contributed by atoms with van der Waals surface area (Å²) in [6.07, 6.45) is 29.7. The Hall–Kier alpha value is -3.18. The van der Waals surface area contributed by atoms with Crippen LogP contribution in [0.5, 0.6) is 0 Å². The van der Waals surface area contributed by atoms with E-state index in [1.54, 1.807) is 21.1 Å². The predicted octanol–water partition coefficient (Wildman–Crippen LogP) is 19.3. The second kappa shape index (κ2) is 25.5. The highest BCUT2D eigenvalue weighted by molar-refractivity contribution is 7.29. The molecular weight excluding hydrogens is 929 g/mol. The van der Waals surface area contributed by atoms with Crippen molar-refractivity contribution in [1.82, 2.24) is 9.80 Å². The van der Waals surface area contributed by atoms with Gasteiger partial charge in [-0.3, -0.25) is 29.0 Å². The van der Waals surface area contributed by atoms with Gasteiger partial charge in [-0.25, -0.2) is 0 Å². The van der Waals surface area contributed by atoms with E-state index in [0.29, 0.717) is 32.0 Å². The lowest BCUT2D eigenvalue weighted by molar-refractivity contribution is 0.0546. The molecule has 0 aliphatic carbocycles. The maximum absolute atomic E-state index is 15.5. The smallest absolute Gasteiger partial charge is 0.263 e. The lowest BCUT2D eigenvalue weighted by atomic mass is 9.98. The zero-order chi connectivity index (χ0) is 49.2. The summed E-state index contributed by atoms with van der Waals surface area (Å²) in [6.45, 7) is 17.5. The first-order valence-corrected chi connectivity index (χ1v) is 30.7. The monoisotopic (exact) mass is 1010 g/mol. The van der Waals surface area contributed by atoms with Crippen LogP contribution in [-0.4, -0.2) is 45.5 Å². The molecule has 376 valence electrons. The number of hydrogen-bond acceptors (Lipinski definition) is 8. The van der Waals surface area contributed by atoms with Crippen molar-refractivity contribution >= 4 is 89.1 Å². The fourth-order valence-corrected chi connectivity index (χ4v) is 16.3. The average Bonchev–Trinajstić information content (AvgIpc) is 4.19. The molecule has 6 nitrogen and oxygen atoms in total. The van der Waals surface area contributed by atoms with E-state index in [1.165, 1.54) is 155 Å². The summed E-state index contributed by atoms with van der Waals surface area (Å²) in [4.78, 5) is 69.3. The number of benzene rings is 1. The van der Waals surface area contributed by atoms with E-state index >= 15 is 14.4 Å². The van der Waals surface area contributed by atoms with Gasteiger partial charge < -0.3 is 0 Å². The number of rotatable bonds is 31. The molecule has 4 aromatic heterocycles. The van der Waals surface area contributed by atoms with Crippen LogP contribution in [-0.2, 0) is 0 Å². The summed E-state index contributed by atoms with van der Waals surface area (Å²) in [5.41, 5.74) is 4.39. The summed E-state index contributed by atoms with van der Waals surface area (Å²) >= 11 is 6.50. The molecule has 2 aliphatic heterocycles. The minimum absolute atomic E-state index is 0.154. The Labute approximate surface area is 431 Å². The van der Waals surface area contributed by atoms with Gasteiger partial charge in [-0.15, -0.1) is 45.3 Å². The van der Waals surface area contributed by atoms with Crippen LogP contribution < -0.4 is 0 Å². The minimum atomic E-state index is -0.222. The number of fused-ring (bicyclic) bond motifs is 4. The van der Waals surface area contributed by atoms with E-state index in [4.69, 9.17) is 0 Å². The molecule has 0 saturated carbocycles. The van der Waals surface area contributed by atoms with Gasteiger partial charge in [-0.05, 0) is 87.4 Å². The van der Waals surface area contributed by atoms with Crippen molar-refractivity contribution in [2.24, 2.45) is 0 Å². The van der Waals surface area contributed by atoms with Gasteiger partial charge in [0.1, 0.15) is 0 Å². The van der Waals surface area contributed by atoms with Gasteiger partial charge in [0.05, 0.1) is 36.9 Å². The lowest BCUT2D eigenvalue weighted by Crippen LogP contribution is -2.40. The quantitative estimate of drug-likeness (QED) is 0.0327. The SMILES string of the molecule is CCCCCCCCC(CCCCCCC)N1C(=O)c2c(C)sc(-c3sc(-c4cc5c(C)c6sc(C)cc6c(C)c5s4)c4c3C(=O)N(C(CCCCCCCC)CCCCCCCC)C4=O)c2C1=O. The molecule has 2 aliphatic rings. The van der Waals surface area contributed by atoms with Gasteiger partial charge in [0, 0.05) is 36.1 Å². The van der Waals surface area contributed by atoms with E-state index in [2.05, 4.69) is 60.6 Å². The topological polar surface area (TPSA) is 74.8 Å². The Bertz CT molecular complexity index is 2500. The highest BCUT2D eigenvalue weighted by Crippen LogP contribution is 2.54. The molecule has 0 radical (unpaired) electrons. The molecule has 0 fully saturated rings. The zero-order valence-corrected chi connectivity index (χ0v) is 46.8. The highest BCUT2D eigenvalue weighted by atomic mass is 32.1. The van der Waals surface area contributed by atoms with Gasteiger partial charge in [0.15, 0.2) is 0 Å². The number of nitrogens with zero attached hydrogens (tertiary/aromatic N) is 2. The fraction of sp³-hybridized carbons (Fsp3) is 0.627. The highest BCUT2D eigenvalue weighted by Gasteiger charge is 2.49. The van der Waals surface area contributed by atoms with Crippen LogP contribution in [0.25, 0.3) is 39.7 Å². The largest absolute Gasteiger partial charge is 0.271 e. The molecule has 10 heteroatoms. The minimum Gasteiger partial charge on any atom is -0.271 e. The summed E-state index contributed by atoms with van der Waals surface area (Å²) in [5, 5.41) is 2.48. The molecule has 0 N–H and O–H groups in total. The molecule has 0 saturated heterocycles. The Morgan fingerprint density at radius 2 is 0.739 bits per heavy atom. The number of hydrogen-bond donors (Lipinski definition) is 0. The number of carbonyl (C=O) groups excluding carboxylic acids is 4. The third-order valence-electron chi connectivity index (χ3n) is 15.3. The maximum atomic E-state index is 15.5. The van der Waals surface area contributed by atoms with E-state index in [9.17, 15) is 4.79 Å². The normalized spacial score (nSPS) is 14.3. The van der Waals surface area contributed by atoms with Crippen LogP contribution in [0.4, 0.5) is 0 Å². The Kier molecular flexibility index (Phi) is 19.8. The lowest BCUT2D eigenvalue weighted by Gasteiger charge is -2.27. The second-order valence-corrected chi connectivity index (χ2v) is 25.1. The molecule has 0 bridgehead atoms. The average molecular weight is 1010 g/mol. The number of imide groups is 2. The van der Waals surface area contributed by atoms with E-state index in [-0.39, 0.29) is 35.7 Å². The van der Waals surface area contributed by atoms with Crippen LogP contribution >= 0.6 is 45.3 Å². The summed E-state index contributed by atoms with van der Waals surface area (Å²) in [6, 6.07) is 4.21. The van der Waals surface area contributed by atoms with Gasteiger partial charge in [-0.1, -0.05) is 175 Å². The van der Waals surface area contributed by atoms with Crippen LogP contribution in [0.15, 0.2) is 12.1 Å². The summed E-state index contributed by atoms with van der Waals surface area (Å²) < 4.78 is 2.52. The zero-order valence-electron chi connectivity index (χ0n) is 43.6. The molecule has 6 heterocycles. The molecule has 1 atom stereocenters. The fourth-order valence-electron chi connectivity index (χ4n) is 11.3. The molecule has 5 aromatic rings. The molecule has 1 unspecified atom stereocenters. The van der Waals surface area contributed by atoms with Crippen molar-refractivity contribution < 1.29 is 19.2 Å². The predicted molar refractivity (Wildman–Crippen MR) is 299 cm³/mol. The van der Waals surface area contributed by atoms with Gasteiger partial charge in [0.2, 0.25) is 0 Å². The van der Waals surface area contributed by atoms with E-state index in [1.807, 2.05) is 18.3 Å². The first kappa shape index (κ1) is 53.6. The number of amides is 4. The number of unbranched alkanes of at least 4 members (excludes halogenated alkanes) is 19. The summed E-state index contributed by atoms with van der Waals surface area (Å²) in [7, 11) is 0. The van der Waals surface area contributed by atoms with Crippen molar-refractivity contribution in [3.05, 3.63) is 55.3 Å². The Balaban J connectivity index is 1.30. The first-order valence-electron chi connectivity index (χ1n) is 27.5. The van der Waals surface area contributed by atoms with Crippen molar-refractivity contribution in [2.45, 2.75) is 241 Å². The van der Waals surface area contributed by atoms with Crippen LogP contribution in [0, 0.1) is 27.7 Å². The summed E-state index contributed by atoms with van der Waals surface area (Å²) in [5.74, 6) is -0.808. The Morgan fingerprint density at radius 3 is 1.19 bits per heavy atom. The van der Waals surface area contributed by atoms with Crippen molar-refractivity contribution in [3.63, 3.8) is 0 Å². The van der Waals surface area contributed by atoms with Gasteiger partial charge >= 0.3 is 0 Å². The molecule has 0 spiro atoms. The number of aryl methyl sites for hydroxylation is 4. The van der Waals surface area contributed by atoms with E-state index in [0.717, 1.165) is 91.7 Å². The second-order valence-electron chi connectivity index (χ2n) is 20.6. The number of thiophene rings is 4. The molecule has 69 heavy (non-hydrogen) atoms. The maximum Gasteiger partial charge on any atom is 0.263 e.